The molecule has 10 heteroatoms. The van der Waals surface area contributed by atoms with E-state index in [1.54, 1.807) is 29.4 Å². The van der Waals surface area contributed by atoms with Crippen molar-refractivity contribution in [1.29, 1.82) is 0 Å². The van der Waals surface area contributed by atoms with E-state index in [0.717, 1.165) is 49.7 Å². The first-order valence-electron chi connectivity index (χ1n) is 13.1. The Bertz CT molecular complexity index is 1280. The van der Waals surface area contributed by atoms with Crippen molar-refractivity contribution in [3.63, 3.8) is 0 Å². The maximum atomic E-state index is 14.3. The molecule has 0 bridgehead atoms. The second-order valence-corrected chi connectivity index (χ2v) is 11.6. The number of ether oxygens (including phenoxy) is 2. The van der Waals surface area contributed by atoms with Gasteiger partial charge in [-0.2, -0.15) is 0 Å². The zero-order valence-electron chi connectivity index (χ0n) is 22.1. The minimum Gasteiger partial charge on any atom is -0.468 e. The molecule has 1 aromatic carbocycles. The Morgan fingerprint density at radius 3 is 2.46 bits per heavy atom. The number of amides is 1. The molecule has 0 atom stereocenters. The number of thioether (sulfide) groups is 1. The lowest BCUT2D eigenvalue weighted by Crippen LogP contribution is -2.34. The van der Waals surface area contributed by atoms with E-state index >= 15 is 0 Å². The number of rotatable bonds is 9. The van der Waals surface area contributed by atoms with Gasteiger partial charge in [0.1, 0.15) is 6.10 Å². The summed E-state index contributed by atoms with van der Waals surface area (Å²) in [6.07, 6.45) is 9.75. The molecule has 208 valence electrons. The van der Waals surface area contributed by atoms with Crippen LogP contribution in [0.15, 0.2) is 46.6 Å². The lowest BCUT2D eigenvalue weighted by molar-refractivity contribution is -0.144. The van der Waals surface area contributed by atoms with Gasteiger partial charge in [-0.25, -0.2) is 4.79 Å². The fourth-order valence-corrected chi connectivity index (χ4v) is 6.32. The summed E-state index contributed by atoms with van der Waals surface area (Å²) in [5.74, 6) is -1.04. The number of pyridine rings is 1. The Morgan fingerprint density at radius 1 is 1.05 bits per heavy atom. The smallest absolute Gasteiger partial charge is 0.334 e. The van der Waals surface area contributed by atoms with Gasteiger partial charge in [-0.05, 0) is 87.6 Å². The summed E-state index contributed by atoms with van der Waals surface area (Å²) in [4.78, 5) is 45.7. The minimum absolute atomic E-state index is 0.0509. The van der Waals surface area contributed by atoms with Crippen molar-refractivity contribution >= 4 is 58.5 Å². The van der Waals surface area contributed by atoms with Crippen LogP contribution < -0.4 is 4.90 Å². The van der Waals surface area contributed by atoms with Crippen molar-refractivity contribution in [1.82, 2.24) is 4.98 Å². The highest BCUT2D eigenvalue weighted by Gasteiger charge is 2.32. The largest absolute Gasteiger partial charge is 0.468 e. The van der Waals surface area contributed by atoms with E-state index in [9.17, 15) is 14.4 Å². The molecule has 7 nitrogen and oxygen atoms in total. The van der Waals surface area contributed by atoms with Crippen molar-refractivity contribution in [2.75, 3.05) is 17.8 Å². The van der Waals surface area contributed by atoms with Crippen LogP contribution in [-0.4, -0.2) is 41.8 Å². The molecule has 0 aliphatic heterocycles. The molecule has 0 radical (unpaired) electrons. The minimum atomic E-state index is -0.399. The molecular weight excluding hydrogens is 559 g/mol. The molecule has 1 amide bonds. The summed E-state index contributed by atoms with van der Waals surface area (Å²) in [5, 5.41) is 0.643. The monoisotopic (exact) mass is 590 g/mol. The predicted octanol–water partition coefficient (Wildman–Crippen LogP) is 6.85. The van der Waals surface area contributed by atoms with E-state index in [1.807, 2.05) is 13.0 Å². The third-order valence-corrected chi connectivity index (χ3v) is 8.89. The van der Waals surface area contributed by atoms with E-state index in [4.69, 9.17) is 32.7 Å². The number of hydrogen-bond donors (Lipinski definition) is 0. The number of aromatic nitrogens is 1. The number of methoxy groups -OCH3 is 1. The molecule has 2 aromatic rings. The quantitative estimate of drug-likeness (QED) is 0.233. The van der Waals surface area contributed by atoms with Gasteiger partial charge in [0.15, 0.2) is 0 Å². The number of anilines is 1. The number of hydrogen-bond acceptors (Lipinski definition) is 7. The molecule has 1 fully saturated rings. The summed E-state index contributed by atoms with van der Waals surface area (Å²) in [6, 6.07) is 5.16. The van der Waals surface area contributed by atoms with Crippen LogP contribution >= 0.6 is 35.0 Å². The Labute approximate surface area is 243 Å². The first-order chi connectivity index (χ1) is 18.8. The van der Waals surface area contributed by atoms with Gasteiger partial charge in [-0.3, -0.25) is 14.6 Å². The second-order valence-electron chi connectivity index (χ2n) is 9.77. The summed E-state index contributed by atoms with van der Waals surface area (Å²) in [6.45, 7) is 2.14. The van der Waals surface area contributed by atoms with E-state index in [0.29, 0.717) is 39.6 Å². The van der Waals surface area contributed by atoms with E-state index in [2.05, 4.69) is 4.98 Å². The molecule has 0 unspecified atom stereocenters. The van der Waals surface area contributed by atoms with Crippen LogP contribution in [0, 0.1) is 6.92 Å². The number of halogens is 2. The molecule has 0 N–H and O–H groups in total. The van der Waals surface area contributed by atoms with Gasteiger partial charge in [0.05, 0.1) is 35.1 Å². The Balaban J connectivity index is 1.74. The third-order valence-electron chi connectivity index (χ3n) is 7.13. The van der Waals surface area contributed by atoms with Gasteiger partial charge in [0.25, 0.3) is 5.91 Å². The van der Waals surface area contributed by atoms with E-state index in [-0.39, 0.29) is 35.3 Å². The van der Waals surface area contributed by atoms with Crippen LogP contribution in [-0.2, 0) is 30.4 Å². The highest BCUT2D eigenvalue weighted by atomic mass is 35.5. The molecule has 39 heavy (non-hydrogen) atoms. The topological polar surface area (TPSA) is 85.8 Å². The second kappa shape index (κ2) is 13.7. The van der Waals surface area contributed by atoms with Crippen LogP contribution in [0.25, 0.3) is 0 Å². The fourth-order valence-electron chi connectivity index (χ4n) is 4.89. The van der Waals surface area contributed by atoms with Gasteiger partial charge < -0.3 is 14.4 Å². The van der Waals surface area contributed by atoms with Crippen molar-refractivity contribution in [2.45, 2.75) is 75.8 Å². The average Bonchev–Trinajstić information content (AvgIpc) is 3.45. The molecular formula is C29H32Cl2N2O5S. The number of benzene rings is 1. The Kier molecular flexibility index (Phi) is 10.3. The zero-order chi connectivity index (χ0) is 27.9. The summed E-state index contributed by atoms with van der Waals surface area (Å²) >= 11 is 14.3. The maximum absolute atomic E-state index is 14.3. The van der Waals surface area contributed by atoms with Crippen LogP contribution in [0.4, 0.5) is 5.69 Å². The molecule has 0 saturated heterocycles. The molecule has 4 rings (SSSR count). The van der Waals surface area contributed by atoms with Gasteiger partial charge in [-0.1, -0.05) is 23.2 Å². The standard InChI is InChI=1S/C29H32Cl2N2O5S/c1-18-11-12-32-15-19(18)16-33(25-14-26(24(31)13-23(25)30)39-17-27(34)37-2)28(35)21-9-5-6-10-22(21)29(36)38-20-7-3-4-8-20/h11-15,20H,3-10,16-17H2,1-2H3. The number of esters is 2. The lowest BCUT2D eigenvalue weighted by atomic mass is 9.90. The van der Waals surface area contributed by atoms with Crippen molar-refractivity contribution in [2.24, 2.45) is 0 Å². The molecule has 2 aliphatic carbocycles. The van der Waals surface area contributed by atoms with E-state index < -0.39 is 5.97 Å². The highest BCUT2D eigenvalue weighted by Crippen LogP contribution is 2.39. The van der Waals surface area contributed by atoms with Crippen molar-refractivity contribution < 1.29 is 23.9 Å². The SMILES string of the molecule is COC(=O)CSc1cc(N(Cc2cnccc2C)C(=O)C2=C(C(=O)OC3CCCC3)CCCC2)c(Cl)cc1Cl. The molecule has 2 aliphatic rings. The molecule has 1 heterocycles. The van der Waals surface area contributed by atoms with Gasteiger partial charge in [0, 0.05) is 28.4 Å². The number of carbonyl (C=O) groups excluding carboxylic acids is 3. The van der Waals surface area contributed by atoms with Crippen LogP contribution in [0.3, 0.4) is 0 Å². The van der Waals surface area contributed by atoms with Gasteiger partial charge >= 0.3 is 11.9 Å². The number of nitrogens with zero attached hydrogens (tertiary/aromatic N) is 2. The molecule has 0 spiro atoms. The average molecular weight is 592 g/mol. The summed E-state index contributed by atoms with van der Waals surface area (Å²) in [7, 11) is 1.32. The van der Waals surface area contributed by atoms with Gasteiger partial charge in [0.2, 0.25) is 0 Å². The Hall–Kier alpha value is -2.55. The van der Waals surface area contributed by atoms with Crippen LogP contribution in [0.1, 0.15) is 62.5 Å². The first-order valence-corrected chi connectivity index (χ1v) is 14.9. The summed E-state index contributed by atoms with van der Waals surface area (Å²) < 4.78 is 10.6. The summed E-state index contributed by atoms with van der Waals surface area (Å²) in [5.41, 5.74) is 3.15. The van der Waals surface area contributed by atoms with Crippen LogP contribution in [0.5, 0.6) is 0 Å². The van der Waals surface area contributed by atoms with E-state index in [1.165, 1.54) is 18.9 Å². The van der Waals surface area contributed by atoms with Crippen LogP contribution in [0.2, 0.25) is 10.0 Å². The third kappa shape index (κ3) is 7.35. The van der Waals surface area contributed by atoms with Crippen molar-refractivity contribution in [3.05, 3.63) is 62.9 Å². The zero-order valence-corrected chi connectivity index (χ0v) is 24.5. The predicted molar refractivity (Wildman–Crippen MR) is 153 cm³/mol. The highest BCUT2D eigenvalue weighted by molar-refractivity contribution is 8.00. The lowest BCUT2D eigenvalue weighted by Gasteiger charge is -2.29. The first kappa shape index (κ1) is 29.4. The number of aryl methyl sites for hydroxylation is 1. The van der Waals surface area contributed by atoms with Crippen molar-refractivity contribution in [3.8, 4) is 0 Å². The molecule has 1 saturated carbocycles. The van der Waals surface area contributed by atoms with Gasteiger partial charge in [-0.15, -0.1) is 11.8 Å². The normalized spacial score (nSPS) is 15.8. The number of carbonyl (C=O) groups is 3. The maximum Gasteiger partial charge on any atom is 0.334 e. The Morgan fingerprint density at radius 2 is 1.77 bits per heavy atom. The fraction of sp³-hybridized carbons (Fsp3) is 0.448. The molecule has 1 aromatic heterocycles.